The van der Waals surface area contributed by atoms with Crippen LogP contribution < -0.4 is 0 Å². The van der Waals surface area contributed by atoms with Gasteiger partial charge in [0.25, 0.3) is 0 Å². The monoisotopic (exact) mass is 569 g/mol. The molecule has 0 aromatic heterocycles. The summed E-state index contributed by atoms with van der Waals surface area (Å²) >= 11 is 0. The van der Waals surface area contributed by atoms with Crippen molar-refractivity contribution in [1.82, 2.24) is 0 Å². The Balaban J connectivity index is 3.54. The Morgan fingerprint density at radius 3 is 1.32 bits per heavy atom. The van der Waals surface area contributed by atoms with Crippen molar-refractivity contribution < 1.29 is 24.2 Å². The van der Waals surface area contributed by atoms with E-state index >= 15 is 0 Å². The van der Waals surface area contributed by atoms with Gasteiger partial charge in [0, 0.05) is 12.8 Å². The van der Waals surface area contributed by atoms with Crippen molar-refractivity contribution in [2.75, 3.05) is 13.2 Å². The van der Waals surface area contributed by atoms with E-state index in [4.69, 9.17) is 9.47 Å². The lowest BCUT2D eigenvalue weighted by atomic mass is 10.0. The summed E-state index contributed by atoms with van der Waals surface area (Å²) in [7, 11) is 0. The lowest BCUT2D eigenvalue weighted by Gasteiger charge is -2.15. The van der Waals surface area contributed by atoms with Gasteiger partial charge in [-0.15, -0.1) is 0 Å². The highest BCUT2D eigenvalue weighted by molar-refractivity contribution is 5.70. The number of carbonyl (C=O) groups is 2. The van der Waals surface area contributed by atoms with Gasteiger partial charge in [-0.1, -0.05) is 162 Å². The minimum atomic E-state index is -0.761. The van der Waals surface area contributed by atoms with Gasteiger partial charge in [0.15, 0.2) is 6.10 Å². The predicted molar refractivity (Wildman–Crippen MR) is 168 cm³/mol. The molecular formula is C35H68O5. The Labute approximate surface area is 248 Å². The van der Waals surface area contributed by atoms with Crippen molar-refractivity contribution in [2.24, 2.45) is 5.92 Å². The summed E-state index contributed by atoms with van der Waals surface area (Å²) in [5, 5.41) is 9.50. The van der Waals surface area contributed by atoms with Crippen LogP contribution in [0.4, 0.5) is 0 Å². The van der Waals surface area contributed by atoms with Crippen LogP contribution in [-0.4, -0.2) is 36.4 Å². The van der Waals surface area contributed by atoms with E-state index in [2.05, 4.69) is 20.8 Å². The molecule has 0 aromatic rings. The summed E-state index contributed by atoms with van der Waals surface area (Å²) in [6, 6.07) is 0. The lowest BCUT2D eigenvalue weighted by molar-refractivity contribution is -0.161. The van der Waals surface area contributed by atoms with Crippen LogP contribution >= 0.6 is 0 Å². The molecule has 0 unspecified atom stereocenters. The normalized spacial score (nSPS) is 12.1. The summed E-state index contributed by atoms with van der Waals surface area (Å²) in [6.45, 7) is 6.47. The summed E-state index contributed by atoms with van der Waals surface area (Å²) < 4.78 is 10.6. The van der Waals surface area contributed by atoms with Gasteiger partial charge < -0.3 is 14.6 Å². The quantitative estimate of drug-likeness (QED) is 0.0665. The van der Waals surface area contributed by atoms with Crippen LogP contribution in [-0.2, 0) is 19.1 Å². The number of hydrogen-bond acceptors (Lipinski definition) is 5. The molecule has 0 spiro atoms. The van der Waals surface area contributed by atoms with Crippen LogP contribution in [0.3, 0.4) is 0 Å². The van der Waals surface area contributed by atoms with Gasteiger partial charge in [-0.2, -0.15) is 0 Å². The van der Waals surface area contributed by atoms with Crippen LogP contribution in [0.2, 0.25) is 0 Å². The second-order valence-corrected chi connectivity index (χ2v) is 12.4. The SMILES string of the molecule is CCCCCCCCCCCCCCCC(=O)OC[C@H](CO)OC(=O)CCCCCCCCCCCCC(C)C. The number of esters is 2. The second-order valence-electron chi connectivity index (χ2n) is 12.4. The minimum absolute atomic E-state index is 0.0585. The van der Waals surface area contributed by atoms with Crippen molar-refractivity contribution in [3.8, 4) is 0 Å². The molecule has 0 aliphatic carbocycles. The van der Waals surface area contributed by atoms with Gasteiger partial charge in [-0.3, -0.25) is 9.59 Å². The Kier molecular flexibility index (Phi) is 30.0. The molecular weight excluding hydrogens is 500 g/mol. The average molecular weight is 569 g/mol. The molecule has 40 heavy (non-hydrogen) atoms. The zero-order valence-corrected chi connectivity index (χ0v) is 27.0. The molecule has 0 bridgehead atoms. The Morgan fingerprint density at radius 2 is 0.925 bits per heavy atom. The van der Waals surface area contributed by atoms with Crippen LogP contribution in [0.25, 0.3) is 0 Å². The molecule has 0 aliphatic rings. The Hall–Kier alpha value is -1.10. The first-order valence-corrected chi connectivity index (χ1v) is 17.5. The summed E-state index contributed by atoms with van der Waals surface area (Å²) in [5.74, 6) is 0.245. The van der Waals surface area contributed by atoms with E-state index in [0.717, 1.165) is 38.0 Å². The number of unbranched alkanes of at least 4 members (excludes halogenated alkanes) is 21. The number of rotatable bonds is 31. The van der Waals surface area contributed by atoms with E-state index in [-0.39, 0.29) is 25.2 Å². The Bertz CT molecular complexity index is 548. The van der Waals surface area contributed by atoms with Crippen molar-refractivity contribution in [3.63, 3.8) is 0 Å². The topological polar surface area (TPSA) is 72.8 Å². The third-order valence-electron chi connectivity index (χ3n) is 7.83. The zero-order valence-electron chi connectivity index (χ0n) is 27.0. The van der Waals surface area contributed by atoms with E-state index in [1.54, 1.807) is 0 Å². The molecule has 0 rings (SSSR count). The summed E-state index contributed by atoms with van der Waals surface area (Å²) in [5.41, 5.74) is 0. The number of ether oxygens (including phenoxy) is 2. The number of carbonyl (C=O) groups excluding carboxylic acids is 2. The van der Waals surface area contributed by atoms with Crippen LogP contribution in [0, 0.1) is 5.92 Å². The van der Waals surface area contributed by atoms with Gasteiger partial charge in [-0.05, 0) is 18.8 Å². The molecule has 5 nitrogen and oxygen atoms in total. The number of hydrogen-bond donors (Lipinski definition) is 1. The highest BCUT2D eigenvalue weighted by Crippen LogP contribution is 2.15. The van der Waals surface area contributed by atoms with Crippen LogP contribution in [0.15, 0.2) is 0 Å². The summed E-state index contributed by atoms with van der Waals surface area (Å²) in [6.07, 6.45) is 30.1. The summed E-state index contributed by atoms with van der Waals surface area (Å²) in [4.78, 5) is 24.1. The maximum Gasteiger partial charge on any atom is 0.306 e. The van der Waals surface area contributed by atoms with Crippen LogP contribution in [0.1, 0.15) is 188 Å². The van der Waals surface area contributed by atoms with E-state index in [9.17, 15) is 14.7 Å². The van der Waals surface area contributed by atoms with Gasteiger partial charge in [0.2, 0.25) is 0 Å². The van der Waals surface area contributed by atoms with Gasteiger partial charge in [0.1, 0.15) is 6.61 Å². The van der Waals surface area contributed by atoms with E-state index in [1.807, 2.05) is 0 Å². The third kappa shape index (κ3) is 29.9. The molecule has 0 amide bonds. The molecule has 0 saturated heterocycles. The van der Waals surface area contributed by atoms with Crippen LogP contribution in [0.5, 0.6) is 0 Å². The Morgan fingerprint density at radius 1 is 0.550 bits per heavy atom. The molecule has 5 heteroatoms. The maximum atomic E-state index is 12.1. The highest BCUT2D eigenvalue weighted by atomic mass is 16.6. The molecule has 0 saturated carbocycles. The number of aliphatic hydroxyl groups is 1. The molecule has 1 atom stereocenters. The minimum Gasteiger partial charge on any atom is -0.462 e. The first-order chi connectivity index (χ1) is 19.5. The first kappa shape index (κ1) is 38.9. The second kappa shape index (κ2) is 30.8. The van der Waals surface area contributed by atoms with E-state index < -0.39 is 6.10 Å². The third-order valence-corrected chi connectivity index (χ3v) is 7.83. The molecule has 0 aliphatic heterocycles. The van der Waals surface area contributed by atoms with E-state index in [0.29, 0.717) is 12.8 Å². The zero-order chi connectivity index (χ0) is 29.5. The van der Waals surface area contributed by atoms with Crippen molar-refractivity contribution in [2.45, 2.75) is 194 Å². The fourth-order valence-electron chi connectivity index (χ4n) is 5.15. The highest BCUT2D eigenvalue weighted by Gasteiger charge is 2.16. The molecule has 0 heterocycles. The van der Waals surface area contributed by atoms with Gasteiger partial charge >= 0.3 is 11.9 Å². The fraction of sp³-hybridized carbons (Fsp3) is 0.943. The molecule has 0 fully saturated rings. The average Bonchev–Trinajstić information content (AvgIpc) is 2.93. The molecule has 1 N–H and O–H groups in total. The predicted octanol–water partition coefficient (Wildman–Crippen LogP) is 10.3. The van der Waals surface area contributed by atoms with E-state index in [1.165, 1.54) is 122 Å². The molecule has 0 aromatic carbocycles. The molecule has 238 valence electrons. The van der Waals surface area contributed by atoms with Gasteiger partial charge in [0.05, 0.1) is 6.61 Å². The first-order valence-electron chi connectivity index (χ1n) is 17.5. The standard InChI is InChI=1S/C35H68O5/c1-4-5-6-7-8-9-10-11-12-16-19-22-25-28-34(37)39-31-33(30-36)40-35(38)29-26-23-20-17-14-13-15-18-21-24-27-32(2)3/h32-33,36H,4-31H2,1-3H3/t33-/m0/s1. The van der Waals surface area contributed by atoms with Crippen molar-refractivity contribution >= 4 is 11.9 Å². The van der Waals surface area contributed by atoms with Gasteiger partial charge in [-0.25, -0.2) is 0 Å². The lowest BCUT2D eigenvalue weighted by Crippen LogP contribution is -2.28. The van der Waals surface area contributed by atoms with Crippen molar-refractivity contribution in [1.29, 1.82) is 0 Å². The maximum absolute atomic E-state index is 12.1. The smallest absolute Gasteiger partial charge is 0.306 e. The molecule has 0 radical (unpaired) electrons. The van der Waals surface area contributed by atoms with Crippen molar-refractivity contribution in [3.05, 3.63) is 0 Å². The number of aliphatic hydroxyl groups excluding tert-OH is 1. The fourth-order valence-corrected chi connectivity index (χ4v) is 5.15. The largest absolute Gasteiger partial charge is 0.462 e.